The van der Waals surface area contributed by atoms with E-state index >= 15 is 0 Å². The van der Waals surface area contributed by atoms with Crippen LogP contribution < -0.4 is 11.3 Å². The van der Waals surface area contributed by atoms with Crippen molar-refractivity contribution in [2.45, 2.75) is 51.0 Å². The number of nitrogens with one attached hydrogen (secondary N) is 1. The van der Waals surface area contributed by atoms with Crippen molar-refractivity contribution in [2.24, 2.45) is 11.8 Å². The summed E-state index contributed by atoms with van der Waals surface area (Å²) in [6.45, 7) is 0. The first kappa shape index (κ1) is 14.6. The molecule has 2 nitrogen and oxygen atoms in total. The molecule has 2 aromatic carbocycles. The molecule has 1 atom stereocenters. The van der Waals surface area contributed by atoms with E-state index in [1.165, 1.54) is 54.9 Å². The van der Waals surface area contributed by atoms with Crippen molar-refractivity contribution in [3.63, 3.8) is 0 Å². The number of hydrazine groups is 1. The fourth-order valence-corrected chi connectivity index (χ4v) is 3.69. The molecule has 0 amide bonds. The van der Waals surface area contributed by atoms with Gasteiger partial charge in [-0.1, -0.05) is 68.1 Å². The molecule has 1 aliphatic rings. The van der Waals surface area contributed by atoms with Crippen LogP contribution in [0, 0.1) is 5.92 Å². The molecule has 1 fully saturated rings. The molecule has 112 valence electrons. The normalized spacial score (nSPS) is 18.5. The van der Waals surface area contributed by atoms with Gasteiger partial charge in [-0.3, -0.25) is 11.3 Å². The van der Waals surface area contributed by atoms with Gasteiger partial charge in [0.15, 0.2) is 0 Å². The standard InChI is InChI=1S/C19H26N2/c20-21-19(17-8-3-1-2-4-9-17)14-15-11-12-16-7-5-6-10-18(16)13-15/h5-7,10-13,17,19,21H,1-4,8-9,14,20H2. The number of rotatable bonds is 4. The zero-order chi connectivity index (χ0) is 14.5. The van der Waals surface area contributed by atoms with Crippen molar-refractivity contribution in [2.75, 3.05) is 0 Å². The molecule has 0 bridgehead atoms. The van der Waals surface area contributed by atoms with Gasteiger partial charge in [-0.05, 0) is 41.5 Å². The van der Waals surface area contributed by atoms with Crippen LogP contribution in [0.1, 0.15) is 44.1 Å². The first-order valence-electron chi connectivity index (χ1n) is 8.30. The van der Waals surface area contributed by atoms with Crippen molar-refractivity contribution in [1.29, 1.82) is 0 Å². The highest BCUT2D eigenvalue weighted by molar-refractivity contribution is 5.82. The Labute approximate surface area is 127 Å². The SMILES string of the molecule is NNC(Cc1ccc2ccccc2c1)C1CCCCCC1. The molecule has 0 heterocycles. The second-order valence-corrected chi connectivity index (χ2v) is 6.41. The van der Waals surface area contributed by atoms with Crippen LogP contribution >= 0.6 is 0 Å². The summed E-state index contributed by atoms with van der Waals surface area (Å²) in [5.41, 5.74) is 4.49. The zero-order valence-electron chi connectivity index (χ0n) is 12.7. The van der Waals surface area contributed by atoms with Gasteiger partial charge >= 0.3 is 0 Å². The minimum Gasteiger partial charge on any atom is -0.271 e. The maximum Gasteiger partial charge on any atom is 0.0279 e. The average Bonchev–Trinajstić information content (AvgIpc) is 2.81. The molecule has 0 aromatic heterocycles. The fraction of sp³-hybridized carbons (Fsp3) is 0.474. The minimum absolute atomic E-state index is 0.407. The molecular weight excluding hydrogens is 256 g/mol. The molecule has 0 spiro atoms. The van der Waals surface area contributed by atoms with Crippen LogP contribution in [0.15, 0.2) is 42.5 Å². The lowest BCUT2D eigenvalue weighted by Gasteiger charge is -2.25. The van der Waals surface area contributed by atoms with E-state index < -0.39 is 0 Å². The average molecular weight is 282 g/mol. The van der Waals surface area contributed by atoms with E-state index in [2.05, 4.69) is 47.9 Å². The predicted octanol–water partition coefficient (Wildman–Crippen LogP) is 4.18. The molecule has 1 saturated carbocycles. The first-order chi connectivity index (χ1) is 10.4. The molecule has 0 saturated heterocycles. The highest BCUT2D eigenvalue weighted by Crippen LogP contribution is 2.27. The molecule has 1 unspecified atom stereocenters. The maximum atomic E-state index is 5.87. The Morgan fingerprint density at radius 2 is 1.67 bits per heavy atom. The number of fused-ring (bicyclic) bond motifs is 1. The van der Waals surface area contributed by atoms with E-state index in [1.54, 1.807) is 0 Å². The molecule has 3 rings (SSSR count). The molecule has 21 heavy (non-hydrogen) atoms. The van der Waals surface area contributed by atoms with E-state index in [0.717, 1.165) is 12.3 Å². The van der Waals surface area contributed by atoms with E-state index in [9.17, 15) is 0 Å². The van der Waals surface area contributed by atoms with Crippen LogP contribution in [-0.4, -0.2) is 6.04 Å². The maximum absolute atomic E-state index is 5.87. The van der Waals surface area contributed by atoms with Gasteiger partial charge in [0.2, 0.25) is 0 Å². The Morgan fingerprint density at radius 1 is 0.952 bits per heavy atom. The third kappa shape index (κ3) is 3.63. The van der Waals surface area contributed by atoms with E-state index in [-0.39, 0.29) is 0 Å². The minimum atomic E-state index is 0.407. The van der Waals surface area contributed by atoms with Gasteiger partial charge in [-0.25, -0.2) is 0 Å². The summed E-state index contributed by atoms with van der Waals surface area (Å²) in [6, 6.07) is 15.8. The van der Waals surface area contributed by atoms with Gasteiger partial charge in [0.25, 0.3) is 0 Å². The predicted molar refractivity (Wildman–Crippen MR) is 90.0 cm³/mol. The number of benzene rings is 2. The summed E-state index contributed by atoms with van der Waals surface area (Å²) >= 11 is 0. The molecule has 3 N–H and O–H groups in total. The summed E-state index contributed by atoms with van der Waals surface area (Å²) in [5, 5.41) is 2.64. The molecule has 0 radical (unpaired) electrons. The quantitative estimate of drug-likeness (QED) is 0.501. The highest BCUT2D eigenvalue weighted by Gasteiger charge is 2.22. The Kier molecular flexibility index (Phi) is 4.89. The van der Waals surface area contributed by atoms with Gasteiger partial charge in [0.05, 0.1) is 0 Å². The lowest BCUT2D eigenvalue weighted by atomic mass is 9.88. The van der Waals surface area contributed by atoms with Crippen LogP contribution in [0.2, 0.25) is 0 Å². The molecule has 2 heteroatoms. The van der Waals surface area contributed by atoms with Crippen molar-refractivity contribution in [1.82, 2.24) is 5.43 Å². The lowest BCUT2D eigenvalue weighted by molar-refractivity contribution is 0.320. The molecule has 2 aromatic rings. The fourth-order valence-electron chi connectivity index (χ4n) is 3.69. The summed E-state index contributed by atoms with van der Waals surface area (Å²) < 4.78 is 0. The van der Waals surface area contributed by atoms with Gasteiger partial charge < -0.3 is 0 Å². The Balaban J connectivity index is 1.74. The van der Waals surface area contributed by atoms with Crippen LogP contribution in [0.4, 0.5) is 0 Å². The monoisotopic (exact) mass is 282 g/mol. The van der Waals surface area contributed by atoms with Crippen molar-refractivity contribution >= 4 is 10.8 Å². The summed E-state index contributed by atoms with van der Waals surface area (Å²) in [7, 11) is 0. The van der Waals surface area contributed by atoms with Crippen LogP contribution in [0.25, 0.3) is 10.8 Å². The van der Waals surface area contributed by atoms with Crippen molar-refractivity contribution in [3.8, 4) is 0 Å². The Hall–Kier alpha value is -1.38. The number of nitrogens with two attached hydrogens (primary N) is 1. The third-order valence-electron chi connectivity index (χ3n) is 4.95. The van der Waals surface area contributed by atoms with Gasteiger partial charge in [0.1, 0.15) is 0 Å². The lowest BCUT2D eigenvalue weighted by Crippen LogP contribution is -2.42. The first-order valence-corrected chi connectivity index (χ1v) is 8.30. The van der Waals surface area contributed by atoms with Crippen LogP contribution in [0.3, 0.4) is 0 Å². The highest BCUT2D eigenvalue weighted by atomic mass is 15.2. The van der Waals surface area contributed by atoms with E-state index in [4.69, 9.17) is 5.84 Å². The van der Waals surface area contributed by atoms with E-state index in [0.29, 0.717) is 6.04 Å². The summed E-state index contributed by atoms with van der Waals surface area (Å²) in [4.78, 5) is 0. The number of hydrogen-bond donors (Lipinski definition) is 2. The second-order valence-electron chi connectivity index (χ2n) is 6.41. The largest absolute Gasteiger partial charge is 0.271 e. The second kappa shape index (κ2) is 7.06. The Morgan fingerprint density at radius 3 is 2.38 bits per heavy atom. The Bertz CT molecular complexity index is 571. The number of hydrogen-bond acceptors (Lipinski definition) is 2. The van der Waals surface area contributed by atoms with Gasteiger partial charge in [-0.15, -0.1) is 0 Å². The van der Waals surface area contributed by atoms with Crippen molar-refractivity contribution < 1.29 is 0 Å². The van der Waals surface area contributed by atoms with Gasteiger partial charge in [-0.2, -0.15) is 0 Å². The molecule has 0 aliphatic heterocycles. The molecular formula is C19H26N2. The topological polar surface area (TPSA) is 38.0 Å². The van der Waals surface area contributed by atoms with Gasteiger partial charge in [0, 0.05) is 6.04 Å². The third-order valence-corrected chi connectivity index (χ3v) is 4.95. The summed E-state index contributed by atoms with van der Waals surface area (Å²) in [6.07, 6.45) is 9.19. The smallest absolute Gasteiger partial charge is 0.0279 e. The zero-order valence-corrected chi connectivity index (χ0v) is 12.7. The van der Waals surface area contributed by atoms with Crippen LogP contribution in [0.5, 0.6) is 0 Å². The molecule has 1 aliphatic carbocycles. The van der Waals surface area contributed by atoms with E-state index in [1.807, 2.05) is 0 Å². The van der Waals surface area contributed by atoms with Crippen molar-refractivity contribution in [3.05, 3.63) is 48.0 Å². The van der Waals surface area contributed by atoms with Crippen LogP contribution in [-0.2, 0) is 6.42 Å². The summed E-state index contributed by atoms with van der Waals surface area (Å²) in [5.74, 6) is 6.59.